The minimum absolute atomic E-state index is 0.649. The van der Waals surface area contributed by atoms with E-state index in [4.69, 9.17) is 5.73 Å². The fraction of sp³-hybridized carbons (Fsp3) is 0.455. The van der Waals surface area contributed by atoms with Crippen molar-refractivity contribution in [3.05, 3.63) is 34.0 Å². The molecule has 1 aromatic rings. The molecule has 0 aliphatic carbocycles. The number of thiophene rings is 1. The average molecular weight is 210 g/mol. The first-order valence-corrected chi connectivity index (χ1v) is 5.56. The van der Waals surface area contributed by atoms with Crippen LogP contribution in [-0.2, 0) is 13.1 Å². The number of nitrogens with zero attached hydrogens (tertiary/aromatic N) is 1. The molecule has 0 atom stereocenters. The molecule has 0 amide bonds. The molecule has 0 bridgehead atoms. The van der Waals surface area contributed by atoms with E-state index in [9.17, 15) is 0 Å². The predicted molar refractivity (Wildman–Crippen MR) is 63.5 cm³/mol. The topological polar surface area (TPSA) is 29.3 Å². The highest BCUT2D eigenvalue weighted by molar-refractivity contribution is 7.12. The molecule has 1 aromatic heterocycles. The van der Waals surface area contributed by atoms with E-state index >= 15 is 0 Å². The Morgan fingerprint density at radius 3 is 2.86 bits per heavy atom. The molecule has 0 aliphatic rings. The zero-order valence-electron chi connectivity index (χ0n) is 8.92. The number of aryl methyl sites for hydroxylation is 1. The lowest BCUT2D eigenvalue weighted by molar-refractivity contribution is 0.363. The summed E-state index contributed by atoms with van der Waals surface area (Å²) in [7, 11) is 2.10. The smallest absolute Gasteiger partial charge is 0.0274 e. The molecule has 0 saturated carbocycles. The van der Waals surface area contributed by atoms with E-state index in [1.807, 2.05) is 6.08 Å². The predicted octanol–water partition coefficient (Wildman–Crippen LogP) is 2.13. The minimum atomic E-state index is 0.649. The largest absolute Gasteiger partial charge is 0.326 e. The highest BCUT2D eigenvalue weighted by Crippen LogP contribution is 2.22. The minimum Gasteiger partial charge on any atom is -0.326 e. The molecule has 0 spiro atoms. The van der Waals surface area contributed by atoms with Gasteiger partial charge in [0.1, 0.15) is 0 Å². The van der Waals surface area contributed by atoms with Crippen molar-refractivity contribution in [2.24, 2.45) is 5.73 Å². The van der Waals surface area contributed by atoms with Crippen molar-refractivity contribution in [1.29, 1.82) is 0 Å². The van der Waals surface area contributed by atoms with Crippen LogP contribution >= 0.6 is 11.3 Å². The van der Waals surface area contributed by atoms with Crippen LogP contribution in [0.2, 0.25) is 0 Å². The van der Waals surface area contributed by atoms with Crippen molar-refractivity contribution < 1.29 is 0 Å². The second kappa shape index (κ2) is 5.29. The first kappa shape index (κ1) is 11.4. The normalized spacial score (nSPS) is 10.9. The maximum atomic E-state index is 5.60. The van der Waals surface area contributed by atoms with Gasteiger partial charge < -0.3 is 5.73 Å². The van der Waals surface area contributed by atoms with E-state index in [-0.39, 0.29) is 0 Å². The van der Waals surface area contributed by atoms with Gasteiger partial charge in [-0.25, -0.2) is 0 Å². The van der Waals surface area contributed by atoms with Crippen LogP contribution in [0.25, 0.3) is 0 Å². The SMILES string of the molecule is C=CCN(C)Cc1cc(CN)sc1C. The molecular weight excluding hydrogens is 192 g/mol. The van der Waals surface area contributed by atoms with Gasteiger partial charge in [-0.3, -0.25) is 4.90 Å². The van der Waals surface area contributed by atoms with Crippen molar-refractivity contribution >= 4 is 11.3 Å². The van der Waals surface area contributed by atoms with E-state index in [2.05, 4.69) is 31.5 Å². The average Bonchev–Trinajstić information content (AvgIpc) is 2.48. The molecule has 2 nitrogen and oxygen atoms in total. The highest BCUT2D eigenvalue weighted by atomic mass is 32.1. The van der Waals surface area contributed by atoms with E-state index in [1.165, 1.54) is 15.3 Å². The van der Waals surface area contributed by atoms with Crippen LogP contribution in [0.3, 0.4) is 0 Å². The molecule has 0 saturated heterocycles. The summed E-state index contributed by atoms with van der Waals surface area (Å²) >= 11 is 1.80. The van der Waals surface area contributed by atoms with Crippen LogP contribution < -0.4 is 5.73 Å². The van der Waals surface area contributed by atoms with Crippen molar-refractivity contribution in [2.75, 3.05) is 13.6 Å². The highest BCUT2D eigenvalue weighted by Gasteiger charge is 2.06. The summed E-state index contributed by atoms with van der Waals surface area (Å²) in [5.41, 5.74) is 6.99. The van der Waals surface area contributed by atoms with E-state index < -0.39 is 0 Å². The first-order valence-electron chi connectivity index (χ1n) is 4.75. The zero-order chi connectivity index (χ0) is 10.6. The van der Waals surface area contributed by atoms with Gasteiger partial charge in [-0.15, -0.1) is 17.9 Å². The lowest BCUT2D eigenvalue weighted by Crippen LogP contribution is -2.17. The summed E-state index contributed by atoms with van der Waals surface area (Å²) in [5, 5.41) is 0. The summed E-state index contributed by atoms with van der Waals surface area (Å²) in [6.45, 7) is 8.43. The van der Waals surface area contributed by atoms with Gasteiger partial charge in [-0.1, -0.05) is 6.08 Å². The van der Waals surface area contributed by atoms with Crippen molar-refractivity contribution in [3.63, 3.8) is 0 Å². The van der Waals surface area contributed by atoms with E-state index in [0.717, 1.165) is 13.1 Å². The summed E-state index contributed by atoms with van der Waals surface area (Å²) in [5.74, 6) is 0. The van der Waals surface area contributed by atoms with Gasteiger partial charge in [-0.2, -0.15) is 0 Å². The van der Waals surface area contributed by atoms with Crippen LogP contribution in [0.15, 0.2) is 18.7 Å². The first-order chi connectivity index (χ1) is 6.67. The molecule has 0 unspecified atom stereocenters. The van der Waals surface area contributed by atoms with Gasteiger partial charge in [0.05, 0.1) is 0 Å². The summed E-state index contributed by atoms with van der Waals surface area (Å²) < 4.78 is 0. The third-order valence-electron chi connectivity index (χ3n) is 2.15. The Balaban J connectivity index is 2.65. The van der Waals surface area contributed by atoms with Crippen molar-refractivity contribution in [3.8, 4) is 0 Å². The molecule has 0 radical (unpaired) electrons. The number of hydrogen-bond donors (Lipinski definition) is 1. The molecule has 1 rings (SSSR count). The Morgan fingerprint density at radius 2 is 2.36 bits per heavy atom. The van der Waals surface area contributed by atoms with Gasteiger partial charge >= 0.3 is 0 Å². The number of hydrogen-bond acceptors (Lipinski definition) is 3. The molecule has 14 heavy (non-hydrogen) atoms. The van der Waals surface area contributed by atoms with Gasteiger partial charge in [0.15, 0.2) is 0 Å². The molecule has 0 aromatic carbocycles. The Hall–Kier alpha value is -0.640. The quantitative estimate of drug-likeness (QED) is 0.754. The van der Waals surface area contributed by atoms with Gasteiger partial charge in [0, 0.05) is 29.4 Å². The van der Waals surface area contributed by atoms with Gasteiger partial charge in [0.2, 0.25) is 0 Å². The summed E-state index contributed by atoms with van der Waals surface area (Å²) in [6, 6.07) is 2.21. The van der Waals surface area contributed by atoms with E-state index in [0.29, 0.717) is 6.54 Å². The summed E-state index contributed by atoms with van der Waals surface area (Å²) in [4.78, 5) is 4.88. The van der Waals surface area contributed by atoms with Crippen LogP contribution in [0.1, 0.15) is 15.3 Å². The second-order valence-electron chi connectivity index (χ2n) is 3.48. The Morgan fingerprint density at radius 1 is 1.64 bits per heavy atom. The molecule has 78 valence electrons. The number of nitrogens with two attached hydrogens (primary N) is 1. The maximum Gasteiger partial charge on any atom is 0.0274 e. The molecule has 0 fully saturated rings. The Kier molecular flexibility index (Phi) is 4.32. The molecule has 0 aliphatic heterocycles. The molecular formula is C11H18N2S. The van der Waals surface area contributed by atoms with Crippen molar-refractivity contribution in [1.82, 2.24) is 4.90 Å². The fourth-order valence-electron chi connectivity index (χ4n) is 1.42. The van der Waals surface area contributed by atoms with Crippen LogP contribution in [0.4, 0.5) is 0 Å². The Labute approximate surface area is 90.0 Å². The molecule has 1 heterocycles. The third-order valence-corrected chi connectivity index (χ3v) is 3.27. The Bertz CT molecular complexity index is 304. The monoisotopic (exact) mass is 210 g/mol. The van der Waals surface area contributed by atoms with Gasteiger partial charge in [0.25, 0.3) is 0 Å². The van der Waals surface area contributed by atoms with Crippen LogP contribution in [0, 0.1) is 6.92 Å². The lowest BCUT2D eigenvalue weighted by atomic mass is 10.2. The standard InChI is InChI=1S/C11H18N2S/c1-4-5-13(3)8-10-6-11(7-12)14-9(10)2/h4,6H,1,5,7-8,12H2,2-3H3. The third kappa shape index (κ3) is 2.94. The molecule has 2 N–H and O–H groups in total. The fourth-order valence-corrected chi connectivity index (χ4v) is 2.35. The maximum absolute atomic E-state index is 5.60. The van der Waals surface area contributed by atoms with E-state index in [1.54, 1.807) is 11.3 Å². The number of rotatable bonds is 5. The zero-order valence-corrected chi connectivity index (χ0v) is 9.73. The van der Waals surface area contributed by atoms with Crippen molar-refractivity contribution in [2.45, 2.75) is 20.0 Å². The summed E-state index contributed by atoms with van der Waals surface area (Å²) in [6.07, 6.45) is 1.92. The number of likely N-dealkylation sites (N-methyl/N-ethyl adjacent to an activating group) is 1. The molecule has 3 heteroatoms. The van der Waals surface area contributed by atoms with Crippen LogP contribution in [-0.4, -0.2) is 18.5 Å². The van der Waals surface area contributed by atoms with Gasteiger partial charge in [-0.05, 0) is 25.6 Å². The lowest BCUT2D eigenvalue weighted by Gasteiger charge is -2.13. The van der Waals surface area contributed by atoms with Crippen LogP contribution in [0.5, 0.6) is 0 Å². The second-order valence-corrected chi connectivity index (χ2v) is 4.82.